The van der Waals surface area contributed by atoms with Crippen LogP contribution < -0.4 is 5.32 Å². The van der Waals surface area contributed by atoms with E-state index in [9.17, 15) is 18.3 Å². The minimum atomic E-state index is -1.52. The predicted molar refractivity (Wildman–Crippen MR) is 82.6 cm³/mol. The molecule has 0 saturated carbocycles. The highest BCUT2D eigenvalue weighted by Gasteiger charge is 2.16. The summed E-state index contributed by atoms with van der Waals surface area (Å²) in [6.07, 6.45) is 1.70. The van der Waals surface area contributed by atoms with Gasteiger partial charge in [0, 0.05) is 12.7 Å². The molecule has 0 fully saturated rings. The van der Waals surface area contributed by atoms with Gasteiger partial charge in [0.15, 0.2) is 17.5 Å². The van der Waals surface area contributed by atoms with Crippen molar-refractivity contribution in [2.24, 2.45) is 0 Å². The summed E-state index contributed by atoms with van der Waals surface area (Å²) in [5.41, 5.74) is 1.93. The number of hydrogen-bond acceptors (Lipinski definition) is 4. The van der Waals surface area contributed by atoms with Crippen molar-refractivity contribution in [1.29, 1.82) is 0 Å². The van der Waals surface area contributed by atoms with Gasteiger partial charge in [0.1, 0.15) is 0 Å². The highest BCUT2D eigenvalue weighted by Crippen LogP contribution is 2.22. The molecule has 2 N–H and O–H groups in total. The van der Waals surface area contributed by atoms with E-state index < -0.39 is 23.5 Å². The lowest BCUT2D eigenvalue weighted by Gasteiger charge is -2.17. The Morgan fingerprint density at radius 1 is 1.17 bits per heavy atom. The summed E-state index contributed by atoms with van der Waals surface area (Å²) in [7, 11) is 0. The van der Waals surface area contributed by atoms with E-state index in [0.717, 1.165) is 27.9 Å². The molecular formula is C16H13F3N2OS. The normalized spacial score (nSPS) is 12.7. The number of hydrogen-bond donors (Lipinski definition) is 2. The second-order valence-electron chi connectivity index (χ2n) is 5.06. The van der Waals surface area contributed by atoms with Crippen molar-refractivity contribution in [3.05, 3.63) is 64.4 Å². The van der Waals surface area contributed by atoms with Crippen LogP contribution in [0.5, 0.6) is 0 Å². The molecule has 3 nitrogen and oxygen atoms in total. The second kappa shape index (κ2) is 6.66. The van der Waals surface area contributed by atoms with E-state index in [1.807, 2.05) is 17.5 Å². The molecule has 120 valence electrons. The summed E-state index contributed by atoms with van der Waals surface area (Å²) in [4.78, 5) is 4.30. The SMILES string of the molecule is OCC(NCc1cnc2ccsc2c1)c1cc(F)c(F)c(F)c1. The van der Waals surface area contributed by atoms with E-state index in [-0.39, 0.29) is 12.2 Å². The molecule has 0 spiro atoms. The molecule has 3 aromatic rings. The topological polar surface area (TPSA) is 45.1 Å². The van der Waals surface area contributed by atoms with Gasteiger partial charge < -0.3 is 10.4 Å². The Morgan fingerprint density at radius 3 is 2.61 bits per heavy atom. The molecule has 0 aliphatic carbocycles. The van der Waals surface area contributed by atoms with Gasteiger partial charge in [-0.05, 0) is 40.8 Å². The van der Waals surface area contributed by atoms with Crippen molar-refractivity contribution in [2.75, 3.05) is 6.61 Å². The van der Waals surface area contributed by atoms with Gasteiger partial charge in [-0.1, -0.05) is 0 Å². The molecule has 1 aromatic carbocycles. The Balaban J connectivity index is 1.76. The summed E-state index contributed by atoms with van der Waals surface area (Å²) in [6.45, 7) is -0.0220. The molecule has 2 heterocycles. The van der Waals surface area contributed by atoms with Crippen LogP contribution in [0.15, 0.2) is 35.8 Å². The lowest BCUT2D eigenvalue weighted by atomic mass is 10.1. The average molecular weight is 338 g/mol. The number of aliphatic hydroxyl groups is 1. The van der Waals surface area contributed by atoms with E-state index in [2.05, 4.69) is 10.3 Å². The molecule has 1 unspecified atom stereocenters. The number of nitrogens with one attached hydrogen (secondary N) is 1. The monoisotopic (exact) mass is 338 g/mol. The zero-order chi connectivity index (χ0) is 16.4. The third-order valence-corrected chi connectivity index (χ3v) is 4.36. The molecule has 2 aromatic heterocycles. The maximum atomic E-state index is 13.3. The Labute approximate surface area is 134 Å². The van der Waals surface area contributed by atoms with Crippen molar-refractivity contribution >= 4 is 21.6 Å². The van der Waals surface area contributed by atoms with Gasteiger partial charge >= 0.3 is 0 Å². The summed E-state index contributed by atoms with van der Waals surface area (Å²) in [6, 6.07) is 4.93. The van der Waals surface area contributed by atoms with Gasteiger partial charge in [-0.3, -0.25) is 4.98 Å². The number of aromatic nitrogens is 1. The van der Waals surface area contributed by atoms with Crippen LogP contribution >= 0.6 is 11.3 Å². The molecule has 0 amide bonds. The fourth-order valence-electron chi connectivity index (χ4n) is 2.29. The van der Waals surface area contributed by atoms with Crippen LogP contribution in [0.1, 0.15) is 17.2 Å². The van der Waals surface area contributed by atoms with Gasteiger partial charge in [0.05, 0.1) is 22.9 Å². The molecule has 7 heteroatoms. The van der Waals surface area contributed by atoms with Gasteiger partial charge in [0.2, 0.25) is 0 Å². The van der Waals surface area contributed by atoms with Crippen LogP contribution in [-0.2, 0) is 6.54 Å². The molecule has 3 rings (SSSR count). The molecule has 23 heavy (non-hydrogen) atoms. The predicted octanol–water partition coefficient (Wildman–Crippen LogP) is 3.54. The molecule has 1 atom stereocenters. The van der Waals surface area contributed by atoms with E-state index in [0.29, 0.717) is 6.54 Å². The third-order valence-electron chi connectivity index (χ3n) is 3.50. The Hall–Kier alpha value is -1.96. The molecule has 0 aliphatic rings. The zero-order valence-electron chi connectivity index (χ0n) is 11.9. The Bertz CT molecular complexity index is 814. The van der Waals surface area contributed by atoms with Crippen molar-refractivity contribution in [3.8, 4) is 0 Å². The van der Waals surface area contributed by atoms with Crippen LogP contribution in [0.25, 0.3) is 10.2 Å². The van der Waals surface area contributed by atoms with E-state index in [1.165, 1.54) is 0 Å². The average Bonchev–Trinajstić information content (AvgIpc) is 3.00. The van der Waals surface area contributed by atoms with Crippen molar-refractivity contribution in [1.82, 2.24) is 10.3 Å². The van der Waals surface area contributed by atoms with Crippen LogP contribution in [0, 0.1) is 17.5 Å². The number of thiophene rings is 1. The van der Waals surface area contributed by atoms with Crippen LogP contribution in [0.3, 0.4) is 0 Å². The maximum absolute atomic E-state index is 13.3. The van der Waals surface area contributed by atoms with E-state index in [1.54, 1.807) is 17.5 Å². The number of halogens is 3. The first-order valence-corrected chi connectivity index (χ1v) is 7.77. The van der Waals surface area contributed by atoms with Crippen LogP contribution in [0.4, 0.5) is 13.2 Å². The van der Waals surface area contributed by atoms with Gasteiger partial charge in [-0.25, -0.2) is 13.2 Å². The number of rotatable bonds is 5. The highest BCUT2D eigenvalue weighted by atomic mass is 32.1. The molecule has 0 bridgehead atoms. The number of aliphatic hydroxyl groups excluding tert-OH is 1. The fraction of sp³-hybridized carbons (Fsp3) is 0.188. The minimum absolute atomic E-state index is 0.147. The number of fused-ring (bicyclic) bond motifs is 1. The minimum Gasteiger partial charge on any atom is -0.394 e. The Morgan fingerprint density at radius 2 is 1.91 bits per heavy atom. The largest absolute Gasteiger partial charge is 0.394 e. The summed E-state index contributed by atoms with van der Waals surface area (Å²) < 4.78 is 40.6. The molecular weight excluding hydrogens is 325 g/mol. The first-order chi connectivity index (χ1) is 11.1. The lowest BCUT2D eigenvalue weighted by molar-refractivity contribution is 0.242. The molecule has 0 aliphatic heterocycles. The summed E-state index contributed by atoms with van der Waals surface area (Å²) in [5.74, 6) is -4.07. The second-order valence-corrected chi connectivity index (χ2v) is 6.01. The first-order valence-electron chi connectivity index (χ1n) is 6.89. The van der Waals surface area contributed by atoms with Crippen molar-refractivity contribution < 1.29 is 18.3 Å². The first kappa shape index (κ1) is 15.9. The van der Waals surface area contributed by atoms with Gasteiger partial charge in [0.25, 0.3) is 0 Å². The Kier molecular flexibility index (Phi) is 4.61. The highest BCUT2D eigenvalue weighted by molar-refractivity contribution is 7.17. The van der Waals surface area contributed by atoms with Crippen LogP contribution in [0.2, 0.25) is 0 Å². The number of benzene rings is 1. The lowest BCUT2D eigenvalue weighted by Crippen LogP contribution is -2.24. The third kappa shape index (κ3) is 3.36. The molecule has 0 radical (unpaired) electrons. The fourth-order valence-corrected chi connectivity index (χ4v) is 3.09. The zero-order valence-corrected chi connectivity index (χ0v) is 12.7. The summed E-state index contributed by atoms with van der Waals surface area (Å²) >= 11 is 1.56. The van der Waals surface area contributed by atoms with Crippen molar-refractivity contribution in [3.63, 3.8) is 0 Å². The summed E-state index contributed by atoms with van der Waals surface area (Å²) in [5, 5.41) is 14.4. The van der Waals surface area contributed by atoms with Gasteiger partial charge in [-0.2, -0.15) is 0 Å². The van der Waals surface area contributed by atoms with Crippen molar-refractivity contribution in [2.45, 2.75) is 12.6 Å². The smallest absolute Gasteiger partial charge is 0.194 e. The molecule has 0 saturated heterocycles. The number of pyridine rings is 1. The maximum Gasteiger partial charge on any atom is 0.194 e. The van der Waals surface area contributed by atoms with E-state index in [4.69, 9.17) is 0 Å². The standard InChI is InChI=1S/C16H13F3N2OS/c17-11-4-10(5-12(18)16(11)19)14(8-22)21-7-9-3-15-13(20-6-9)1-2-23-15/h1-6,14,21-22H,7-8H2. The number of nitrogens with zero attached hydrogens (tertiary/aromatic N) is 1. The quantitative estimate of drug-likeness (QED) is 0.700. The van der Waals surface area contributed by atoms with E-state index >= 15 is 0 Å². The van der Waals surface area contributed by atoms with Crippen LogP contribution in [-0.4, -0.2) is 16.7 Å². The van der Waals surface area contributed by atoms with Gasteiger partial charge in [-0.15, -0.1) is 11.3 Å².